The third-order valence-corrected chi connectivity index (χ3v) is 2.77. The molecule has 2 aliphatic rings. The van der Waals surface area contributed by atoms with Crippen LogP contribution in [-0.4, -0.2) is 46.5 Å². The summed E-state index contributed by atoms with van der Waals surface area (Å²) in [5.41, 5.74) is 5.32. The molecular formula is C8H9ClN2O4. The summed E-state index contributed by atoms with van der Waals surface area (Å²) in [6.07, 6.45) is 0. The Bertz CT molecular complexity index is 368. The van der Waals surface area contributed by atoms with Crippen LogP contribution in [0.4, 0.5) is 0 Å². The number of rotatable bonds is 2. The first kappa shape index (κ1) is 10.3. The summed E-state index contributed by atoms with van der Waals surface area (Å²) >= 11 is 5.52. The fourth-order valence-electron chi connectivity index (χ4n) is 1.73. The van der Waals surface area contributed by atoms with Gasteiger partial charge in [-0.05, 0) is 0 Å². The molecule has 7 heteroatoms. The molecular weight excluding hydrogens is 224 g/mol. The summed E-state index contributed by atoms with van der Waals surface area (Å²) in [4.78, 5) is 23.5. The lowest BCUT2D eigenvalue weighted by Crippen LogP contribution is -2.71. The van der Waals surface area contributed by atoms with Gasteiger partial charge >= 0.3 is 5.97 Å². The van der Waals surface area contributed by atoms with E-state index in [0.717, 1.165) is 4.90 Å². The van der Waals surface area contributed by atoms with E-state index < -0.39 is 17.9 Å². The van der Waals surface area contributed by atoms with Crippen molar-refractivity contribution in [2.24, 2.45) is 5.73 Å². The highest BCUT2D eigenvalue weighted by molar-refractivity contribution is 6.19. The highest BCUT2D eigenvalue weighted by Crippen LogP contribution is 2.31. The SMILES string of the molecule is N[C@@H]1C(=O)N2C(C(=O)O)=C(CCl)OC[C@H]12. The van der Waals surface area contributed by atoms with Crippen molar-refractivity contribution >= 4 is 23.5 Å². The van der Waals surface area contributed by atoms with Crippen molar-refractivity contribution < 1.29 is 19.4 Å². The normalized spacial score (nSPS) is 29.5. The minimum atomic E-state index is -1.23. The number of nitrogens with zero attached hydrogens (tertiary/aromatic N) is 1. The molecule has 15 heavy (non-hydrogen) atoms. The first-order chi connectivity index (χ1) is 7.07. The van der Waals surface area contributed by atoms with E-state index in [1.807, 2.05) is 0 Å². The van der Waals surface area contributed by atoms with Crippen molar-refractivity contribution in [3.05, 3.63) is 11.5 Å². The van der Waals surface area contributed by atoms with E-state index >= 15 is 0 Å². The zero-order valence-corrected chi connectivity index (χ0v) is 8.40. The van der Waals surface area contributed by atoms with Gasteiger partial charge in [-0.3, -0.25) is 9.69 Å². The van der Waals surface area contributed by atoms with Gasteiger partial charge in [0.1, 0.15) is 18.4 Å². The maximum absolute atomic E-state index is 11.4. The van der Waals surface area contributed by atoms with Crippen LogP contribution in [0.1, 0.15) is 0 Å². The lowest BCUT2D eigenvalue weighted by molar-refractivity contribution is -0.157. The Balaban J connectivity index is 2.38. The number of hydrogen-bond acceptors (Lipinski definition) is 4. The Kier molecular flexibility index (Phi) is 2.32. The van der Waals surface area contributed by atoms with Crippen molar-refractivity contribution in [1.82, 2.24) is 4.90 Å². The Morgan fingerprint density at radius 1 is 1.73 bits per heavy atom. The smallest absolute Gasteiger partial charge is 0.356 e. The van der Waals surface area contributed by atoms with Crippen molar-refractivity contribution in [2.45, 2.75) is 12.1 Å². The van der Waals surface area contributed by atoms with Gasteiger partial charge in [0.05, 0.1) is 11.9 Å². The first-order valence-corrected chi connectivity index (χ1v) is 4.85. The van der Waals surface area contributed by atoms with E-state index in [0.29, 0.717) is 0 Å². The Hall–Kier alpha value is -1.27. The van der Waals surface area contributed by atoms with Crippen LogP contribution in [0, 0.1) is 0 Å². The predicted octanol–water partition coefficient (Wildman–Crippen LogP) is -0.910. The van der Waals surface area contributed by atoms with E-state index in [4.69, 9.17) is 27.2 Å². The van der Waals surface area contributed by atoms with Gasteiger partial charge in [0.15, 0.2) is 5.70 Å². The third-order valence-electron chi connectivity index (χ3n) is 2.53. The van der Waals surface area contributed by atoms with E-state index in [1.165, 1.54) is 0 Å². The fraction of sp³-hybridized carbons (Fsp3) is 0.500. The Morgan fingerprint density at radius 3 is 2.93 bits per heavy atom. The monoisotopic (exact) mass is 232 g/mol. The lowest BCUT2D eigenvalue weighted by Gasteiger charge is -2.47. The van der Waals surface area contributed by atoms with Gasteiger partial charge in [-0.15, -0.1) is 11.6 Å². The number of carbonyl (C=O) groups excluding carboxylic acids is 1. The van der Waals surface area contributed by atoms with Crippen molar-refractivity contribution in [3.63, 3.8) is 0 Å². The minimum absolute atomic E-state index is 0.0760. The number of carboxylic acids is 1. The third kappa shape index (κ3) is 1.29. The summed E-state index contributed by atoms with van der Waals surface area (Å²) in [6, 6.07) is -1.05. The standard InChI is InChI=1S/C8H9ClN2O4/c9-1-4-6(8(13)14)11-3(2-15-4)5(10)7(11)12/h3,5H,1-2,10H2,(H,13,14)/t3-,5+/m1/s1. The van der Waals surface area contributed by atoms with Gasteiger partial charge < -0.3 is 15.6 Å². The molecule has 0 unspecified atom stereocenters. The first-order valence-electron chi connectivity index (χ1n) is 4.31. The molecule has 0 spiro atoms. The molecule has 0 aromatic rings. The Morgan fingerprint density at radius 2 is 2.40 bits per heavy atom. The summed E-state index contributed by atoms with van der Waals surface area (Å²) < 4.78 is 5.15. The number of allylic oxidation sites excluding steroid dienone is 1. The molecule has 3 N–H and O–H groups in total. The summed E-state index contributed by atoms with van der Waals surface area (Å²) in [6.45, 7) is 0.200. The molecule has 0 radical (unpaired) electrons. The van der Waals surface area contributed by atoms with Crippen LogP contribution in [0.3, 0.4) is 0 Å². The van der Waals surface area contributed by atoms with Crippen molar-refractivity contribution in [2.75, 3.05) is 12.5 Å². The molecule has 82 valence electrons. The van der Waals surface area contributed by atoms with Crippen molar-refractivity contribution in [3.8, 4) is 0 Å². The van der Waals surface area contributed by atoms with Gasteiger partial charge in [-0.2, -0.15) is 0 Å². The average molecular weight is 233 g/mol. The molecule has 1 amide bonds. The quantitative estimate of drug-likeness (QED) is 0.475. The van der Waals surface area contributed by atoms with Gasteiger partial charge in [-0.1, -0.05) is 0 Å². The lowest BCUT2D eigenvalue weighted by atomic mass is 9.94. The van der Waals surface area contributed by atoms with E-state index in [1.54, 1.807) is 0 Å². The topological polar surface area (TPSA) is 92.9 Å². The second-order valence-electron chi connectivity index (χ2n) is 3.32. The molecule has 2 rings (SSSR count). The molecule has 2 atom stereocenters. The van der Waals surface area contributed by atoms with Gasteiger partial charge in [0.25, 0.3) is 0 Å². The number of aliphatic carboxylic acids is 1. The maximum Gasteiger partial charge on any atom is 0.356 e. The van der Waals surface area contributed by atoms with Crippen molar-refractivity contribution in [1.29, 1.82) is 0 Å². The predicted molar refractivity (Wildman–Crippen MR) is 49.9 cm³/mol. The van der Waals surface area contributed by atoms with Gasteiger partial charge in [0.2, 0.25) is 5.91 Å². The second kappa shape index (κ2) is 3.39. The van der Waals surface area contributed by atoms with Crippen LogP contribution >= 0.6 is 11.6 Å². The van der Waals surface area contributed by atoms with Crippen LogP contribution in [0.15, 0.2) is 11.5 Å². The second-order valence-corrected chi connectivity index (χ2v) is 3.59. The highest BCUT2D eigenvalue weighted by Gasteiger charge is 2.52. The molecule has 0 saturated carbocycles. The zero-order chi connectivity index (χ0) is 11.2. The zero-order valence-electron chi connectivity index (χ0n) is 7.64. The summed E-state index contributed by atoms with van der Waals surface area (Å²) in [5, 5.41) is 8.93. The summed E-state index contributed by atoms with van der Waals surface area (Å²) in [5.74, 6) is -1.59. The largest absolute Gasteiger partial charge is 0.492 e. The van der Waals surface area contributed by atoms with E-state index in [2.05, 4.69) is 0 Å². The molecule has 1 saturated heterocycles. The number of ether oxygens (including phenoxy) is 1. The number of hydrogen-bond donors (Lipinski definition) is 2. The number of amides is 1. The molecule has 1 fully saturated rings. The number of halogens is 1. The molecule has 2 heterocycles. The summed E-state index contributed by atoms with van der Waals surface area (Å²) in [7, 11) is 0. The van der Waals surface area contributed by atoms with Crippen LogP contribution in [-0.2, 0) is 14.3 Å². The number of carbonyl (C=O) groups is 2. The van der Waals surface area contributed by atoms with Crippen LogP contribution < -0.4 is 5.73 Å². The van der Waals surface area contributed by atoms with Crippen LogP contribution in [0.2, 0.25) is 0 Å². The molecule has 6 nitrogen and oxygen atoms in total. The van der Waals surface area contributed by atoms with Crippen LogP contribution in [0.5, 0.6) is 0 Å². The van der Waals surface area contributed by atoms with Gasteiger partial charge in [-0.25, -0.2) is 4.79 Å². The number of carboxylic acid groups (broad SMARTS) is 1. The molecule has 0 bridgehead atoms. The van der Waals surface area contributed by atoms with E-state index in [-0.39, 0.29) is 30.0 Å². The average Bonchev–Trinajstić information content (AvgIpc) is 2.25. The maximum atomic E-state index is 11.4. The molecule has 0 aliphatic carbocycles. The number of nitrogens with two attached hydrogens (primary N) is 1. The number of alkyl halides is 1. The molecule has 2 aliphatic heterocycles. The Labute approximate surface area is 90.2 Å². The van der Waals surface area contributed by atoms with E-state index in [9.17, 15) is 9.59 Å². The minimum Gasteiger partial charge on any atom is -0.492 e. The number of fused-ring (bicyclic) bond motifs is 1. The molecule has 0 aromatic carbocycles. The fourth-order valence-corrected chi connectivity index (χ4v) is 1.94. The number of β-lactam (4-membered cyclic amide) rings is 1. The highest BCUT2D eigenvalue weighted by atomic mass is 35.5. The molecule has 0 aromatic heterocycles. The van der Waals surface area contributed by atoms with Gasteiger partial charge in [0, 0.05) is 0 Å². The van der Waals surface area contributed by atoms with Crippen LogP contribution in [0.25, 0.3) is 0 Å².